The van der Waals surface area contributed by atoms with Crippen molar-refractivity contribution in [2.75, 3.05) is 13.2 Å². The van der Waals surface area contributed by atoms with E-state index in [0.717, 1.165) is 11.3 Å². The van der Waals surface area contributed by atoms with Gasteiger partial charge in [-0.25, -0.2) is 0 Å². The van der Waals surface area contributed by atoms with Gasteiger partial charge in [-0.05, 0) is 26.8 Å². The lowest BCUT2D eigenvalue weighted by Crippen LogP contribution is -2.09. The van der Waals surface area contributed by atoms with Gasteiger partial charge >= 0.3 is 0 Å². The maximum atomic E-state index is 5.45. The zero-order valence-electron chi connectivity index (χ0n) is 8.99. The van der Waals surface area contributed by atoms with Crippen molar-refractivity contribution in [3.8, 4) is 0 Å². The van der Waals surface area contributed by atoms with Crippen molar-refractivity contribution < 1.29 is 9.47 Å². The summed E-state index contributed by atoms with van der Waals surface area (Å²) >= 11 is 0. The quantitative estimate of drug-likeness (QED) is 0.676. The van der Waals surface area contributed by atoms with Crippen LogP contribution in [0.2, 0.25) is 0 Å². The SMILES string of the molecule is CCOC(OCC)c1ccc(C)nc1. The molecule has 0 atom stereocenters. The molecule has 0 fully saturated rings. The van der Waals surface area contributed by atoms with Gasteiger partial charge < -0.3 is 9.47 Å². The van der Waals surface area contributed by atoms with Crippen molar-refractivity contribution in [1.82, 2.24) is 4.98 Å². The first-order chi connectivity index (χ1) is 6.77. The van der Waals surface area contributed by atoms with Gasteiger partial charge in [0.25, 0.3) is 0 Å². The largest absolute Gasteiger partial charge is 0.349 e. The number of rotatable bonds is 5. The van der Waals surface area contributed by atoms with Crippen LogP contribution in [0.1, 0.15) is 31.4 Å². The molecular formula is C11H17NO2. The second kappa shape index (κ2) is 5.73. The normalized spacial score (nSPS) is 10.9. The molecular weight excluding hydrogens is 178 g/mol. The van der Waals surface area contributed by atoms with Crippen molar-refractivity contribution in [2.45, 2.75) is 27.1 Å². The van der Waals surface area contributed by atoms with Gasteiger partial charge in [0, 0.05) is 30.7 Å². The molecule has 3 heteroatoms. The Bertz CT molecular complexity index is 252. The first-order valence-corrected chi connectivity index (χ1v) is 4.93. The van der Waals surface area contributed by atoms with Crippen molar-refractivity contribution in [3.05, 3.63) is 29.6 Å². The molecule has 0 aromatic carbocycles. The van der Waals surface area contributed by atoms with E-state index in [4.69, 9.17) is 9.47 Å². The molecule has 0 aliphatic carbocycles. The van der Waals surface area contributed by atoms with Gasteiger partial charge in [-0.1, -0.05) is 6.07 Å². The Kier molecular flexibility index (Phi) is 4.56. The van der Waals surface area contributed by atoms with E-state index in [1.807, 2.05) is 32.9 Å². The summed E-state index contributed by atoms with van der Waals surface area (Å²) in [5.74, 6) is 0. The van der Waals surface area contributed by atoms with Crippen molar-refractivity contribution >= 4 is 0 Å². The van der Waals surface area contributed by atoms with Crippen molar-refractivity contribution in [3.63, 3.8) is 0 Å². The molecule has 1 rings (SSSR count). The minimum absolute atomic E-state index is 0.280. The van der Waals surface area contributed by atoms with Crippen molar-refractivity contribution in [1.29, 1.82) is 0 Å². The highest BCUT2D eigenvalue weighted by molar-refractivity contribution is 5.14. The summed E-state index contributed by atoms with van der Waals surface area (Å²) in [6.07, 6.45) is 1.52. The maximum absolute atomic E-state index is 5.45. The fraction of sp³-hybridized carbons (Fsp3) is 0.545. The van der Waals surface area contributed by atoms with E-state index >= 15 is 0 Å². The zero-order valence-corrected chi connectivity index (χ0v) is 8.99. The molecule has 1 heterocycles. The summed E-state index contributed by atoms with van der Waals surface area (Å²) < 4.78 is 10.9. The number of pyridine rings is 1. The molecule has 0 saturated heterocycles. The predicted octanol–water partition coefficient (Wildman–Crippen LogP) is 2.46. The molecule has 0 N–H and O–H groups in total. The van der Waals surface area contributed by atoms with Gasteiger partial charge in [0.1, 0.15) is 0 Å². The van der Waals surface area contributed by atoms with E-state index in [1.54, 1.807) is 6.20 Å². The number of aromatic nitrogens is 1. The molecule has 1 aromatic rings. The molecule has 0 aliphatic rings. The maximum Gasteiger partial charge on any atom is 0.185 e. The number of hydrogen-bond acceptors (Lipinski definition) is 3. The summed E-state index contributed by atoms with van der Waals surface area (Å²) in [7, 11) is 0. The molecule has 0 saturated carbocycles. The smallest absolute Gasteiger partial charge is 0.185 e. The summed E-state index contributed by atoms with van der Waals surface area (Å²) in [4.78, 5) is 4.20. The number of nitrogens with zero attached hydrogens (tertiary/aromatic N) is 1. The average molecular weight is 195 g/mol. The standard InChI is InChI=1S/C11H17NO2/c1-4-13-11(14-5-2)10-7-6-9(3)12-8-10/h6-8,11H,4-5H2,1-3H3. The summed E-state index contributed by atoms with van der Waals surface area (Å²) in [5, 5.41) is 0. The van der Waals surface area contributed by atoms with Crippen molar-refractivity contribution in [2.24, 2.45) is 0 Å². The fourth-order valence-electron chi connectivity index (χ4n) is 1.16. The highest BCUT2D eigenvalue weighted by Gasteiger charge is 2.10. The Morgan fingerprint density at radius 3 is 2.29 bits per heavy atom. The Morgan fingerprint density at radius 1 is 1.21 bits per heavy atom. The van der Waals surface area contributed by atoms with E-state index in [0.29, 0.717) is 13.2 Å². The van der Waals surface area contributed by atoms with Crippen LogP contribution in [0.4, 0.5) is 0 Å². The molecule has 0 unspecified atom stereocenters. The second-order valence-corrected chi connectivity index (χ2v) is 2.98. The van der Waals surface area contributed by atoms with Gasteiger partial charge in [0.05, 0.1) is 0 Å². The number of ether oxygens (including phenoxy) is 2. The fourth-order valence-corrected chi connectivity index (χ4v) is 1.16. The molecule has 0 bridgehead atoms. The highest BCUT2D eigenvalue weighted by Crippen LogP contribution is 2.17. The van der Waals surface area contributed by atoms with E-state index in [1.165, 1.54) is 0 Å². The van der Waals surface area contributed by atoms with Gasteiger partial charge in [0.15, 0.2) is 6.29 Å². The van der Waals surface area contributed by atoms with E-state index in [-0.39, 0.29) is 6.29 Å². The summed E-state index contributed by atoms with van der Waals surface area (Å²) in [5.41, 5.74) is 1.97. The average Bonchev–Trinajstić information content (AvgIpc) is 2.19. The lowest BCUT2D eigenvalue weighted by atomic mass is 10.2. The van der Waals surface area contributed by atoms with E-state index < -0.39 is 0 Å². The lowest BCUT2D eigenvalue weighted by Gasteiger charge is -2.16. The Morgan fingerprint density at radius 2 is 1.86 bits per heavy atom. The highest BCUT2D eigenvalue weighted by atomic mass is 16.7. The molecule has 3 nitrogen and oxygen atoms in total. The summed E-state index contributed by atoms with van der Waals surface area (Å²) in [6.45, 7) is 7.14. The van der Waals surface area contributed by atoms with Crippen LogP contribution in [-0.2, 0) is 9.47 Å². The number of hydrogen-bond donors (Lipinski definition) is 0. The van der Waals surface area contributed by atoms with Gasteiger partial charge in [0.2, 0.25) is 0 Å². The van der Waals surface area contributed by atoms with Crippen LogP contribution < -0.4 is 0 Å². The molecule has 0 aliphatic heterocycles. The monoisotopic (exact) mass is 195 g/mol. The van der Waals surface area contributed by atoms with Crippen LogP contribution in [0, 0.1) is 6.92 Å². The third-order valence-corrected chi connectivity index (χ3v) is 1.84. The first-order valence-electron chi connectivity index (χ1n) is 4.93. The molecule has 78 valence electrons. The molecule has 0 radical (unpaired) electrons. The molecule has 0 amide bonds. The Hall–Kier alpha value is -0.930. The minimum Gasteiger partial charge on any atom is -0.349 e. The Balaban J connectivity index is 2.71. The third kappa shape index (κ3) is 3.09. The van der Waals surface area contributed by atoms with Crippen LogP contribution in [0.25, 0.3) is 0 Å². The van der Waals surface area contributed by atoms with Crippen LogP contribution in [0.5, 0.6) is 0 Å². The van der Waals surface area contributed by atoms with Gasteiger partial charge in [-0.3, -0.25) is 4.98 Å². The number of aryl methyl sites for hydroxylation is 1. The predicted molar refractivity (Wildman–Crippen MR) is 55.0 cm³/mol. The third-order valence-electron chi connectivity index (χ3n) is 1.84. The van der Waals surface area contributed by atoms with E-state index in [2.05, 4.69) is 4.98 Å². The molecule has 1 aromatic heterocycles. The molecule has 14 heavy (non-hydrogen) atoms. The van der Waals surface area contributed by atoms with Crippen LogP contribution in [0.3, 0.4) is 0 Å². The minimum atomic E-state index is -0.280. The van der Waals surface area contributed by atoms with Crippen LogP contribution in [-0.4, -0.2) is 18.2 Å². The van der Waals surface area contributed by atoms with E-state index in [9.17, 15) is 0 Å². The second-order valence-electron chi connectivity index (χ2n) is 2.98. The zero-order chi connectivity index (χ0) is 10.4. The molecule has 0 spiro atoms. The van der Waals surface area contributed by atoms with Crippen LogP contribution in [0.15, 0.2) is 18.3 Å². The summed E-state index contributed by atoms with van der Waals surface area (Å²) in [6, 6.07) is 3.94. The lowest BCUT2D eigenvalue weighted by molar-refractivity contribution is -0.140. The first kappa shape index (κ1) is 11.1. The Labute approximate surface area is 85.1 Å². The van der Waals surface area contributed by atoms with Crippen LogP contribution >= 0.6 is 0 Å². The van der Waals surface area contributed by atoms with Gasteiger partial charge in [-0.15, -0.1) is 0 Å². The van der Waals surface area contributed by atoms with Gasteiger partial charge in [-0.2, -0.15) is 0 Å². The topological polar surface area (TPSA) is 31.4 Å².